The molecule has 6 rings (SSSR count). The molecule has 2 amide bonds. The molecule has 0 saturated heterocycles. The molecule has 2 aromatic rings. The number of aryl methyl sites for hydroxylation is 1. The molecule has 5 heteroatoms. The van der Waals surface area contributed by atoms with Gasteiger partial charge in [0.25, 0.3) is 0 Å². The number of hydrogen-bond donors (Lipinski definition) is 1. The lowest BCUT2D eigenvalue weighted by atomic mass is 9.70. The summed E-state index contributed by atoms with van der Waals surface area (Å²) in [4.78, 5) is 28.4. The van der Waals surface area contributed by atoms with Gasteiger partial charge in [-0.05, 0) is 53.9 Å². The fraction of sp³-hybridized carbons (Fsp3) is 0.333. The van der Waals surface area contributed by atoms with Gasteiger partial charge in [0, 0.05) is 36.3 Å². The van der Waals surface area contributed by atoms with E-state index in [-0.39, 0.29) is 17.9 Å². The predicted octanol–water partition coefficient (Wildman–Crippen LogP) is 5.19. The Labute approximate surface area is 206 Å². The highest BCUT2D eigenvalue weighted by atomic mass is 16.6. The van der Waals surface area contributed by atoms with Crippen molar-refractivity contribution in [2.45, 2.75) is 44.8 Å². The molecule has 178 valence electrons. The first kappa shape index (κ1) is 21.9. The summed E-state index contributed by atoms with van der Waals surface area (Å²) in [7, 11) is 0. The maximum atomic E-state index is 13.3. The van der Waals surface area contributed by atoms with Crippen LogP contribution in [0.25, 0.3) is 0 Å². The first-order valence-corrected chi connectivity index (χ1v) is 12.6. The Morgan fingerprint density at radius 1 is 1.09 bits per heavy atom. The zero-order chi connectivity index (χ0) is 24.0. The maximum absolute atomic E-state index is 13.3. The molecule has 2 unspecified atom stereocenters. The van der Waals surface area contributed by atoms with E-state index in [1.807, 2.05) is 41.3 Å². The van der Waals surface area contributed by atoms with Crippen molar-refractivity contribution < 1.29 is 14.3 Å². The van der Waals surface area contributed by atoms with E-state index in [1.54, 1.807) is 0 Å². The van der Waals surface area contributed by atoms with E-state index in [4.69, 9.17) is 4.74 Å². The van der Waals surface area contributed by atoms with Crippen molar-refractivity contribution in [1.29, 1.82) is 0 Å². The molecule has 4 aliphatic rings. The van der Waals surface area contributed by atoms with E-state index in [0.29, 0.717) is 26.1 Å². The van der Waals surface area contributed by atoms with Crippen molar-refractivity contribution in [2.75, 3.05) is 13.1 Å². The molecular formula is C30H30N2O3. The minimum absolute atomic E-state index is 0.109. The van der Waals surface area contributed by atoms with E-state index in [1.165, 1.54) is 16.7 Å². The summed E-state index contributed by atoms with van der Waals surface area (Å²) in [6, 6.07) is 18.2. The van der Waals surface area contributed by atoms with Crippen LogP contribution in [0, 0.1) is 5.92 Å². The summed E-state index contributed by atoms with van der Waals surface area (Å²) >= 11 is 0. The van der Waals surface area contributed by atoms with Gasteiger partial charge in [-0.2, -0.15) is 0 Å². The van der Waals surface area contributed by atoms with Gasteiger partial charge in [0.2, 0.25) is 0 Å². The third-order valence-electron chi connectivity index (χ3n) is 7.92. The number of esters is 1. The standard InChI is InChI=1S/C30H30N2O3/c1-20-8-7-12-23-15-14-22-11-5-6-13-25(22)30(27(20)23)26-19-32(17-16-24(26)28(33)35-30)29(34)31-18-21-9-3-2-4-10-21/h2-7,9-13,20H,8,14-19H2,1H3,(H,31,34). The van der Waals surface area contributed by atoms with Crippen LogP contribution < -0.4 is 5.32 Å². The van der Waals surface area contributed by atoms with Crippen LogP contribution in [0.3, 0.4) is 0 Å². The number of rotatable bonds is 2. The minimum atomic E-state index is -0.919. The number of carbonyl (C=O) groups excluding carboxylic acids is 2. The molecular weight excluding hydrogens is 436 g/mol. The second kappa shape index (κ2) is 8.56. The Morgan fingerprint density at radius 3 is 2.74 bits per heavy atom. The summed E-state index contributed by atoms with van der Waals surface area (Å²) in [5.41, 5.74) is 6.60. The maximum Gasteiger partial charge on any atom is 0.335 e. The largest absolute Gasteiger partial charge is 0.441 e. The lowest BCUT2D eigenvalue weighted by molar-refractivity contribution is -0.145. The number of carbonyl (C=O) groups is 2. The number of fused-ring (bicyclic) bond motifs is 4. The highest BCUT2D eigenvalue weighted by Crippen LogP contribution is 2.55. The van der Waals surface area contributed by atoms with Crippen LogP contribution in [0.1, 0.15) is 42.9 Å². The normalized spacial score (nSPS) is 25.1. The van der Waals surface area contributed by atoms with Gasteiger partial charge in [0.1, 0.15) is 0 Å². The van der Waals surface area contributed by atoms with E-state index in [9.17, 15) is 9.59 Å². The van der Waals surface area contributed by atoms with E-state index < -0.39 is 5.60 Å². The molecule has 2 heterocycles. The number of nitrogens with one attached hydrogen (secondary N) is 1. The summed E-state index contributed by atoms with van der Waals surface area (Å²) in [5.74, 6) is 0.0257. The van der Waals surface area contributed by atoms with Gasteiger partial charge in [-0.1, -0.05) is 73.7 Å². The first-order chi connectivity index (χ1) is 17.1. The van der Waals surface area contributed by atoms with Gasteiger partial charge >= 0.3 is 12.0 Å². The van der Waals surface area contributed by atoms with Crippen molar-refractivity contribution >= 4 is 12.0 Å². The summed E-state index contributed by atoms with van der Waals surface area (Å²) < 4.78 is 6.48. The lowest BCUT2D eigenvalue weighted by Gasteiger charge is -2.41. The lowest BCUT2D eigenvalue weighted by Crippen LogP contribution is -2.46. The number of allylic oxidation sites excluding steroid dienone is 3. The van der Waals surface area contributed by atoms with Gasteiger partial charge < -0.3 is 15.0 Å². The molecule has 1 N–H and O–H groups in total. The Hall–Kier alpha value is -3.60. The number of amides is 2. The van der Waals surface area contributed by atoms with Crippen LogP contribution in [0.5, 0.6) is 0 Å². The van der Waals surface area contributed by atoms with Gasteiger partial charge in [-0.15, -0.1) is 0 Å². The van der Waals surface area contributed by atoms with Gasteiger partial charge in [0.05, 0.1) is 0 Å². The Balaban J connectivity index is 1.40. The summed E-state index contributed by atoms with van der Waals surface area (Å²) in [6.07, 6.45) is 7.74. The molecule has 1 spiro atoms. The summed E-state index contributed by atoms with van der Waals surface area (Å²) in [5, 5.41) is 3.06. The highest BCUT2D eigenvalue weighted by Gasteiger charge is 2.56. The molecule has 35 heavy (non-hydrogen) atoms. The number of urea groups is 1. The number of ether oxygens (including phenoxy) is 1. The fourth-order valence-electron chi connectivity index (χ4n) is 6.29. The second-order valence-electron chi connectivity index (χ2n) is 9.98. The molecule has 0 fully saturated rings. The monoisotopic (exact) mass is 466 g/mol. The van der Waals surface area contributed by atoms with E-state index in [2.05, 4.69) is 42.6 Å². The van der Waals surface area contributed by atoms with Gasteiger partial charge in [-0.3, -0.25) is 0 Å². The minimum Gasteiger partial charge on any atom is -0.441 e. The van der Waals surface area contributed by atoms with Crippen molar-refractivity contribution in [1.82, 2.24) is 10.2 Å². The third kappa shape index (κ3) is 3.53. The molecule has 5 nitrogen and oxygen atoms in total. The number of hydrogen-bond acceptors (Lipinski definition) is 3. The molecule has 2 aliphatic carbocycles. The molecule has 0 saturated carbocycles. The smallest absolute Gasteiger partial charge is 0.335 e. The average Bonchev–Trinajstić information content (AvgIpc) is 3.09. The van der Waals surface area contributed by atoms with Crippen LogP contribution in [-0.4, -0.2) is 30.0 Å². The van der Waals surface area contributed by atoms with E-state index >= 15 is 0 Å². The first-order valence-electron chi connectivity index (χ1n) is 12.6. The van der Waals surface area contributed by atoms with Crippen LogP contribution in [0.15, 0.2) is 89.0 Å². The number of benzene rings is 2. The molecule has 2 atom stereocenters. The Kier molecular flexibility index (Phi) is 5.36. The third-order valence-corrected chi connectivity index (χ3v) is 7.92. The fourth-order valence-corrected chi connectivity index (χ4v) is 6.29. The molecule has 2 aromatic carbocycles. The predicted molar refractivity (Wildman–Crippen MR) is 134 cm³/mol. The van der Waals surface area contributed by atoms with Crippen molar-refractivity contribution in [3.8, 4) is 0 Å². The van der Waals surface area contributed by atoms with Crippen LogP contribution in [-0.2, 0) is 28.1 Å². The number of nitrogens with zero attached hydrogens (tertiary/aromatic N) is 1. The second-order valence-corrected chi connectivity index (χ2v) is 9.98. The Morgan fingerprint density at radius 2 is 1.89 bits per heavy atom. The molecule has 0 radical (unpaired) electrons. The average molecular weight is 467 g/mol. The summed E-state index contributed by atoms with van der Waals surface area (Å²) in [6.45, 7) is 3.60. The SMILES string of the molecule is CC1CC=CC2=C1C1(OC(=O)C3=C1CN(C(=O)NCc1ccccc1)CC3)c1ccccc1CC2. The van der Waals surface area contributed by atoms with Gasteiger partial charge in [-0.25, -0.2) is 9.59 Å². The van der Waals surface area contributed by atoms with Crippen molar-refractivity contribution in [3.05, 3.63) is 106 Å². The van der Waals surface area contributed by atoms with E-state index in [0.717, 1.165) is 41.5 Å². The van der Waals surface area contributed by atoms with Crippen molar-refractivity contribution in [3.63, 3.8) is 0 Å². The highest BCUT2D eigenvalue weighted by molar-refractivity contribution is 5.95. The zero-order valence-electron chi connectivity index (χ0n) is 20.0. The van der Waals surface area contributed by atoms with Gasteiger partial charge in [0.15, 0.2) is 5.60 Å². The molecule has 0 bridgehead atoms. The quantitative estimate of drug-likeness (QED) is 0.620. The van der Waals surface area contributed by atoms with Crippen molar-refractivity contribution in [2.24, 2.45) is 5.92 Å². The Bertz CT molecular complexity index is 1290. The zero-order valence-corrected chi connectivity index (χ0v) is 20.0. The molecule has 0 aromatic heterocycles. The van der Waals surface area contributed by atoms with Crippen LogP contribution in [0.2, 0.25) is 0 Å². The van der Waals surface area contributed by atoms with Crippen LogP contribution >= 0.6 is 0 Å². The van der Waals surface area contributed by atoms with Crippen LogP contribution in [0.4, 0.5) is 4.79 Å². The topological polar surface area (TPSA) is 58.6 Å². The molecule has 2 aliphatic heterocycles.